The molecule has 326 valence electrons. The third kappa shape index (κ3) is 16.4. The molecule has 0 aliphatic carbocycles. The van der Waals surface area contributed by atoms with Crippen molar-refractivity contribution in [3.05, 3.63) is 59.2 Å². The standard InChI is InChI=1S/C40H55N3O15S/c1-30-9-11-31(12-10-30)59(49,50)58-29-28-57-27-26-56-25-24-55-23-22-54-21-20-53-19-18-52-17-16-51-15-4-2-3-8-35(44)41-33-7-5-6-32-37(33)40(48)43(39(32)47)34-13-14-36(45)42-38(34)46/h5-7,9-12,34H,2-4,8,13-29H2,1H3,(H,41,44)(H,42,45,46). The van der Waals surface area contributed by atoms with Gasteiger partial charge in [-0.1, -0.05) is 30.2 Å². The number of imide groups is 2. The van der Waals surface area contributed by atoms with E-state index in [1.807, 2.05) is 6.92 Å². The summed E-state index contributed by atoms with van der Waals surface area (Å²) in [4.78, 5) is 63.6. The molecule has 0 saturated carbocycles. The average molecular weight is 850 g/mol. The van der Waals surface area contributed by atoms with E-state index in [-0.39, 0.29) is 60.1 Å². The van der Waals surface area contributed by atoms with Crippen LogP contribution in [0.25, 0.3) is 0 Å². The molecule has 1 fully saturated rings. The third-order valence-electron chi connectivity index (χ3n) is 8.94. The minimum Gasteiger partial charge on any atom is -0.379 e. The smallest absolute Gasteiger partial charge is 0.297 e. The first-order valence-electron chi connectivity index (χ1n) is 19.7. The van der Waals surface area contributed by atoms with Crippen LogP contribution in [0.4, 0.5) is 5.69 Å². The van der Waals surface area contributed by atoms with E-state index < -0.39 is 39.8 Å². The van der Waals surface area contributed by atoms with Gasteiger partial charge in [-0.25, -0.2) is 0 Å². The number of carbonyl (C=O) groups is 5. The summed E-state index contributed by atoms with van der Waals surface area (Å²) < 4.78 is 67.5. The molecule has 18 nitrogen and oxygen atoms in total. The number of ether oxygens (including phenoxy) is 7. The van der Waals surface area contributed by atoms with Crippen LogP contribution in [0.15, 0.2) is 47.4 Å². The second-order valence-corrected chi connectivity index (χ2v) is 15.0. The van der Waals surface area contributed by atoms with Gasteiger partial charge < -0.3 is 38.5 Å². The maximum absolute atomic E-state index is 13.2. The molecule has 5 amide bonds. The maximum Gasteiger partial charge on any atom is 0.297 e. The van der Waals surface area contributed by atoms with Gasteiger partial charge in [-0.3, -0.25) is 38.4 Å². The Morgan fingerprint density at radius 3 is 1.75 bits per heavy atom. The number of piperidine rings is 1. The molecule has 1 unspecified atom stereocenters. The minimum atomic E-state index is -3.80. The van der Waals surface area contributed by atoms with Crippen LogP contribution in [-0.2, 0) is 61.8 Å². The van der Waals surface area contributed by atoms with E-state index in [4.69, 9.17) is 37.3 Å². The molecule has 2 aliphatic heterocycles. The van der Waals surface area contributed by atoms with Gasteiger partial charge in [0.05, 0.1) is 114 Å². The van der Waals surface area contributed by atoms with E-state index in [0.29, 0.717) is 92.3 Å². The van der Waals surface area contributed by atoms with Gasteiger partial charge in [0.2, 0.25) is 17.7 Å². The van der Waals surface area contributed by atoms with Crippen LogP contribution in [0.2, 0.25) is 0 Å². The topological polar surface area (TPSA) is 221 Å². The maximum atomic E-state index is 13.2. The number of anilines is 1. The lowest BCUT2D eigenvalue weighted by Crippen LogP contribution is -2.54. The molecule has 59 heavy (non-hydrogen) atoms. The Hall–Kier alpha value is -4.18. The predicted molar refractivity (Wildman–Crippen MR) is 210 cm³/mol. The molecule has 1 saturated heterocycles. The van der Waals surface area contributed by atoms with E-state index in [9.17, 15) is 32.4 Å². The number of fused-ring (bicyclic) bond motifs is 1. The van der Waals surface area contributed by atoms with Crippen LogP contribution in [0.1, 0.15) is 64.8 Å². The predicted octanol–water partition coefficient (Wildman–Crippen LogP) is 2.42. The lowest BCUT2D eigenvalue weighted by atomic mass is 10.0. The van der Waals surface area contributed by atoms with Gasteiger partial charge in [0.15, 0.2) is 0 Å². The van der Waals surface area contributed by atoms with Crippen molar-refractivity contribution in [2.24, 2.45) is 0 Å². The fourth-order valence-electron chi connectivity index (χ4n) is 5.90. The Bertz CT molecular complexity index is 1770. The molecule has 2 aromatic carbocycles. The summed E-state index contributed by atoms with van der Waals surface area (Å²) in [5.41, 5.74) is 1.32. The number of hydrogen-bond donors (Lipinski definition) is 2. The van der Waals surface area contributed by atoms with Crippen LogP contribution >= 0.6 is 0 Å². The van der Waals surface area contributed by atoms with Crippen molar-refractivity contribution in [1.82, 2.24) is 10.2 Å². The van der Waals surface area contributed by atoms with Crippen LogP contribution < -0.4 is 10.6 Å². The highest BCUT2D eigenvalue weighted by atomic mass is 32.2. The summed E-state index contributed by atoms with van der Waals surface area (Å²) >= 11 is 0. The first-order chi connectivity index (χ1) is 28.6. The summed E-state index contributed by atoms with van der Waals surface area (Å²) in [5.74, 6) is -2.75. The number of aryl methyl sites for hydroxylation is 1. The van der Waals surface area contributed by atoms with Crippen LogP contribution in [0.3, 0.4) is 0 Å². The third-order valence-corrected chi connectivity index (χ3v) is 10.3. The van der Waals surface area contributed by atoms with Gasteiger partial charge in [-0.2, -0.15) is 8.42 Å². The van der Waals surface area contributed by atoms with Gasteiger partial charge in [0, 0.05) is 19.4 Å². The summed E-state index contributed by atoms with van der Waals surface area (Å²) in [6.45, 7) is 7.31. The van der Waals surface area contributed by atoms with Gasteiger partial charge >= 0.3 is 0 Å². The Labute approximate surface area is 344 Å². The van der Waals surface area contributed by atoms with E-state index in [2.05, 4.69) is 10.6 Å². The lowest BCUT2D eigenvalue weighted by molar-refractivity contribution is -0.136. The Kier molecular flexibility index (Phi) is 21.0. The highest BCUT2D eigenvalue weighted by Gasteiger charge is 2.45. The summed E-state index contributed by atoms with van der Waals surface area (Å²) in [6, 6.07) is 9.94. The molecule has 0 spiro atoms. The number of nitrogens with one attached hydrogen (secondary N) is 2. The van der Waals surface area contributed by atoms with Crippen molar-refractivity contribution >= 4 is 45.3 Å². The van der Waals surface area contributed by atoms with Crippen molar-refractivity contribution in [1.29, 1.82) is 0 Å². The molecule has 0 radical (unpaired) electrons. The van der Waals surface area contributed by atoms with Crippen molar-refractivity contribution in [3.63, 3.8) is 0 Å². The normalized spacial score (nSPS) is 15.5. The van der Waals surface area contributed by atoms with Crippen molar-refractivity contribution in [2.45, 2.75) is 56.4 Å². The zero-order chi connectivity index (χ0) is 42.3. The first kappa shape index (κ1) is 47.5. The highest BCUT2D eigenvalue weighted by molar-refractivity contribution is 7.86. The number of unbranched alkanes of at least 4 members (excludes halogenated alkanes) is 2. The Balaban J connectivity index is 0.866. The number of nitrogens with zero attached hydrogens (tertiary/aromatic N) is 1. The summed E-state index contributed by atoms with van der Waals surface area (Å²) in [7, 11) is -3.80. The molecule has 0 bridgehead atoms. The zero-order valence-electron chi connectivity index (χ0n) is 33.4. The van der Waals surface area contributed by atoms with Crippen molar-refractivity contribution < 1.29 is 69.7 Å². The molecule has 19 heteroatoms. The van der Waals surface area contributed by atoms with Gasteiger partial charge in [0.1, 0.15) is 6.04 Å². The van der Waals surface area contributed by atoms with Crippen molar-refractivity contribution in [2.75, 3.05) is 104 Å². The molecule has 2 aliphatic rings. The molecule has 1 atom stereocenters. The number of benzene rings is 2. The summed E-state index contributed by atoms with van der Waals surface area (Å²) in [6.07, 6.45) is 2.39. The van der Waals surface area contributed by atoms with Gasteiger partial charge in [-0.15, -0.1) is 0 Å². The number of amides is 5. The fraction of sp³-hybridized carbons (Fsp3) is 0.575. The fourth-order valence-corrected chi connectivity index (χ4v) is 6.79. The lowest BCUT2D eigenvalue weighted by Gasteiger charge is -2.27. The molecule has 0 aromatic heterocycles. The quantitative estimate of drug-likeness (QED) is 0.0632. The average Bonchev–Trinajstić information content (AvgIpc) is 3.46. The largest absolute Gasteiger partial charge is 0.379 e. The van der Waals surface area contributed by atoms with E-state index in [1.165, 1.54) is 18.2 Å². The minimum absolute atomic E-state index is 0.0225. The molecule has 2 heterocycles. The van der Waals surface area contributed by atoms with Crippen LogP contribution in [-0.4, -0.2) is 148 Å². The van der Waals surface area contributed by atoms with Crippen LogP contribution in [0.5, 0.6) is 0 Å². The molecule has 2 N–H and O–H groups in total. The first-order valence-corrected chi connectivity index (χ1v) is 21.1. The monoisotopic (exact) mass is 849 g/mol. The Morgan fingerprint density at radius 1 is 0.678 bits per heavy atom. The SMILES string of the molecule is Cc1ccc(S(=O)(=O)OCCOCCOCCOCCOCCOCCOCCOCCCCCC(=O)Nc2cccc3c2C(=O)N(C2CCC(=O)NC2=O)C3=O)cc1. The molecular formula is C40H55N3O15S. The molecule has 4 rings (SSSR count). The molecular weight excluding hydrogens is 795 g/mol. The van der Waals surface area contributed by atoms with E-state index >= 15 is 0 Å². The van der Waals surface area contributed by atoms with Crippen LogP contribution in [0, 0.1) is 6.92 Å². The van der Waals surface area contributed by atoms with E-state index in [0.717, 1.165) is 23.3 Å². The highest BCUT2D eigenvalue weighted by Crippen LogP contribution is 2.32. The number of rotatable bonds is 31. The second-order valence-electron chi connectivity index (χ2n) is 13.4. The number of carbonyl (C=O) groups excluding carboxylic acids is 5. The summed E-state index contributed by atoms with van der Waals surface area (Å²) in [5, 5.41) is 4.89. The zero-order valence-corrected chi connectivity index (χ0v) is 34.3. The van der Waals surface area contributed by atoms with Gasteiger partial charge in [-0.05, 0) is 50.5 Å². The molecule has 2 aromatic rings. The van der Waals surface area contributed by atoms with Crippen molar-refractivity contribution in [3.8, 4) is 0 Å². The van der Waals surface area contributed by atoms with E-state index in [1.54, 1.807) is 24.3 Å². The number of hydrogen-bond acceptors (Lipinski definition) is 15. The second kappa shape index (κ2) is 26.1. The Morgan fingerprint density at radius 2 is 1.20 bits per heavy atom. The van der Waals surface area contributed by atoms with Gasteiger partial charge in [0.25, 0.3) is 21.9 Å².